The highest BCUT2D eigenvalue weighted by molar-refractivity contribution is 5.84. The molecule has 0 radical (unpaired) electrons. The van der Waals surface area contributed by atoms with Gasteiger partial charge in [0, 0.05) is 17.1 Å². The molecule has 18 heavy (non-hydrogen) atoms. The number of nitrogens with one attached hydrogen (secondary N) is 1. The summed E-state index contributed by atoms with van der Waals surface area (Å²) in [6.45, 7) is 0. The Kier molecular flexibility index (Phi) is 1.83. The van der Waals surface area contributed by atoms with E-state index in [1.54, 1.807) is 0 Å². The van der Waals surface area contributed by atoms with Crippen molar-refractivity contribution < 1.29 is 0 Å². The van der Waals surface area contributed by atoms with E-state index in [4.69, 9.17) is 0 Å². The minimum Gasteiger partial charge on any atom is -0.361 e. The number of rotatable bonds is 1. The van der Waals surface area contributed by atoms with E-state index in [9.17, 15) is 0 Å². The Morgan fingerprint density at radius 3 is 2.89 bits per heavy atom. The van der Waals surface area contributed by atoms with Gasteiger partial charge < -0.3 is 4.98 Å². The summed E-state index contributed by atoms with van der Waals surface area (Å²) in [6.07, 6.45) is 3.85. The fourth-order valence-electron chi connectivity index (χ4n) is 2.35. The standard InChI is InChI=1S/C15H11N3/c1-2-4-15-12(3-1)10-17-18(15)13-6-5-11-7-8-16-14(11)9-13/h1-10,16H. The van der Waals surface area contributed by atoms with Crippen molar-refractivity contribution in [1.82, 2.24) is 14.8 Å². The van der Waals surface area contributed by atoms with Crippen molar-refractivity contribution in [3.8, 4) is 5.69 Å². The number of aromatic amines is 1. The van der Waals surface area contributed by atoms with Gasteiger partial charge >= 0.3 is 0 Å². The van der Waals surface area contributed by atoms with E-state index in [0.29, 0.717) is 0 Å². The summed E-state index contributed by atoms with van der Waals surface area (Å²) in [6, 6.07) is 16.6. The molecule has 0 unspecified atom stereocenters. The summed E-state index contributed by atoms with van der Waals surface area (Å²) in [4.78, 5) is 3.23. The van der Waals surface area contributed by atoms with Crippen molar-refractivity contribution in [1.29, 1.82) is 0 Å². The number of aromatic nitrogens is 3. The predicted molar refractivity (Wildman–Crippen MR) is 72.9 cm³/mol. The average molecular weight is 233 g/mol. The predicted octanol–water partition coefficient (Wildman–Crippen LogP) is 3.51. The first-order valence-corrected chi connectivity index (χ1v) is 5.92. The molecule has 4 rings (SSSR count). The number of nitrogens with zero attached hydrogens (tertiary/aromatic N) is 2. The molecule has 0 saturated heterocycles. The zero-order chi connectivity index (χ0) is 11.9. The average Bonchev–Trinajstić information content (AvgIpc) is 3.04. The lowest BCUT2D eigenvalue weighted by molar-refractivity contribution is 0.912. The molecule has 4 aromatic rings. The summed E-state index contributed by atoms with van der Waals surface area (Å²) >= 11 is 0. The van der Waals surface area contributed by atoms with Crippen LogP contribution in [-0.2, 0) is 0 Å². The maximum Gasteiger partial charge on any atom is 0.0741 e. The van der Waals surface area contributed by atoms with E-state index in [2.05, 4.69) is 46.5 Å². The van der Waals surface area contributed by atoms with Crippen LogP contribution < -0.4 is 0 Å². The highest BCUT2D eigenvalue weighted by Crippen LogP contribution is 2.21. The Morgan fingerprint density at radius 2 is 1.89 bits per heavy atom. The van der Waals surface area contributed by atoms with Crippen LogP contribution >= 0.6 is 0 Å². The Balaban J connectivity index is 2.00. The van der Waals surface area contributed by atoms with Gasteiger partial charge in [-0.15, -0.1) is 0 Å². The van der Waals surface area contributed by atoms with E-state index in [1.165, 1.54) is 5.39 Å². The number of benzene rings is 2. The molecule has 0 aliphatic rings. The normalized spacial score (nSPS) is 11.3. The fraction of sp³-hybridized carbons (Fsp3) is 0. The first-order valence-electron chi connectivity index (χ1n) is 5.92. The van der Waals surface area contributed by atoms with Gasteiger partial charge in [0.05, 0.1) is 17.4 Å². The van der Waals surface area contributed by atoms with Crippen molar-refractivity contribution in [2.45, 2.75) is 0 Å². The minimum atomic E-state index is 1.08. The fourth-order valence-corrected chi connectivity index (χ4v) is 2.35. The van der Waals surface area contributed by atoms with Crippen LogP contribution in [0, 0.1) is 0 Å². The van der Waals surface area contributed by atoms with E-state index >= 15 is 0 Å². The minimum absolute atomic E-state index is 1.08. The quantitative estimate of drug-likeness (QED) is 0.536. The number of H-pyrrole nitrogens is 1. The number of para-hydroxylation sites is 1. The molecule has 0 saturated carbocycles. The van der Waals surface area contributed by atoms with Crippen LogP contribution in [0.3, 0.4) is 0 Å². The molecular weight excluding hydrogens is 222 g/mol. The third kappa shape index (κ3) is 1.27. The van der Waals surface area contributed by atoms with Crippen LogP contribution in [0.15, 0.2) is 60.9 Å². The summed E-state index contributed by atoms with van der Waals surface area (Å²) < 4.78 is 1.97. The van der Waals surface area contributed by atoms with Crippen LogP contribution in [0.5, 0.6) is 0 Å². The van der Waals surface area contributed by atoms with Gasteiger partial charge in [0.25, 0.3) is 0 Å². The Morgan fingerprint density at radius 1 is 0.944 bits per heavy atom. The van der Waals surface area contributed by atoms with Crippen molar-refractivity contribution in [3.63, 3.8) is 0 Å². The first-order chi connectivity index (χ1) is 8.92. The van der Waals surface area contributed by atoms with E-state index in [-0.39, 0.29) is 0 Å². The van der Waals surface area contributed by atoms with Gasteiger partial charge in [0.1, 0.15) is 0 Å². The summed E-state index contributed by atoms with van der Waals surface area (Å²) in [5.41, 5.74) is 3.33. The Hall–Kier alpha value is -2.55. The van der Waals surface area contributed by atoms with Gasteiger partial charge in [-0.3, -0.25) is 0 Å². The Labute approximate surface area is 104 Å². The molecule has 0 atom stereocenters. The van der Waals surface area contributed by atoms with Gasteiger partial charge in [-0.25, -0.2) is 4.68 Å². The molecule has 2 aromatic heterocycles. The van der Waals surface area contributed by atoms with E-state index in [0.717, 1.165) is 22.1 Å². The third-order valence-electron chi connectivity index (χ3n) is 3.26. The topological polar surface area (TPSA) is 33.6 Å². The van der Waals surface area contributed by atoms with Gasteiger partial charge in [-0.1, -0.05) is 24.3 Å². The Bertz CT molecular complexity index is 839. The lowest BCUT2D eigenvalue weighted by Gasteiger charge is -2.03. The molecule has 3 heteroatoms. The maximum atomic E-state index is 4.46. The van der Waals surface area contributed by atoms with E-state index < -0.39 is 0 Å². The molecule has 2 heterocycles. The number of hydrogen-bond acceptors (Lipinski definition) is 1. The monoisotopic (exact) mass is 233 g/mol. The van der Waals surface area contributed by atoms with Gasteiger partial charge in [0.15, 0.2) is 0 Å². The molecule has 86 valence electrons. The van der Waals surface area contributed by atoms with Crippen molar-refractivity contribution in [3.05, 3.63) is 60.9 Å². The van der Waals surface area contributed by atoms with Crippen molar-refractivity contribution in [2.75, 3.05) is 0 Å². The summed E-state index contributed by atoms with van der Waals surface area (Å²) in [7, 11) is 0. The molecule has 0 fully saturated rings. The SMILES string of the molecule is c1ccc2c(c1)cnn2-c1ccc2cc[nH]c2c1. The molecule has 0 bridgehead atoms. The summed E-state index contributed by atoms with van der Waals surface area (Å²) in [5.74, 6) is 0. The maximum absolute atomic E-state index is 4.46. The number of fused-ring (bicyclic) bond motifs is 2. The second-order valence-corrected chi connectivity index (χ2v) is 4.36. The zero-order valence-corrected chi connectivity index (χ0v) is 9.67. The number of hydrogen-bond donors (Lipinski definition) is 1. The molecule has 2 aromatic carbocycles. The van der Waals surface area contributed by atoms with Gasteiger partial charge in [0.2, 0.25) is 0 Å². The van der Waals surface area contributed by atoms with Crippen LogP contribution in [-0.4, -0.2) is 14.8 Å². The molecule has 0 amide bonds. The van der Waals surface area contributed by atoms with E-state index in [1.807, 2.05) is 29.2 Å². The smallest absolute Gasteiger partial charge is 0.0741 e. The molecular formula is C15H11N3. The molecule has 1 N–H and O–H groups in total. The van der Waals surface area contributed by atoms with Crippen molar-refractivity contribution in [2.24, 2.45) is 0 Å². The molecule has 0 spiro atoms. The first kappa shape index (κ1) is 9.48. The second kappa shape index (κ2) is 3.47. The van der Waals surface area contributed by atoms with Crippen LogP contribution in [0.4, 0.5) is 0 Å². The lowest BCUT2D eigenvalue weighted by atomic mass is 10.2. The van der Waals surface area contributed by atoms with Crippen LogP contribution in [0.25, 0.3) is 27.5 Å². The lowest BCUT2D eigenvalue weighted by Crippen LogP contribution is -1.95. The zero-order valence-electron chi connectivity index (χ0n) is 9.67. The van der Waals surface area contributed by atoms with Crippen LogP contribution in [0.2, 0.25) is 0 Å². The van der Waals surface area contributed by atoms with Gasteiger partial charge in [-0.05, 0) is 29.7 Å². The molecule has 0 aliphatic heterocycles. The second-order valence-electron chi connectivity index (χ2n) is 4.36. The van der Waals surface area contributed by atoms with Crippen LogP contribution in [0.1, 0.15) is 0 Å². The largest absolute Gasteiger partial charge is 0.361 e. The highest BCUT2D eigenvalue weighted by atomic mass is 15.3. The molecule has 0 aliphatic carbocycles. The van der Waals surface area contributed by atoms with Crippen molar-refractivity contribution >= 4 is 21.8 Å². The van der Waals surface area contributed by atoms with Gasteiger partial charge in [-0.2, -0.15) is 5.10 Å². The summed E-state index contributed by atoms with van der Waals surface area (Å²) in [5, 5.41) is 6.83. The molecule has 3 nitrogen and oxygen atoms in total. The highest BCUT2D eigenvalue weighted by Gasteiger charge is 2.04. The third-order valence-corrected chi connectivity index (χ3v) is 3.26.